The number of amides is 1. The molecule has 0 spiro atoms. The first kappa shape index (κ1) is 18.4. The third-order valence-corrected chi connectivity index (χ3v) is 2.87. The van der Waals surface area contributed by atoms with Crippen LogP contribution in [-0.4, -0.2) is 31.1 Å². The van der Waals surface area contributed by atoms with E-state index in [4.69, 9.17) is 14.7 Å². The Balaban J connectivity index is 2.52. The van der Waals surface area contributed by atoms with Gasteiger partial charge in [0.15, 0.2) is 12.6 Å². The summed E-state index contributed by atoms with van der Waals surface area (Å²) in [6.07, 6.45) is 2.36. The Labute approximate surface area is 135 Å². The Morgan fingerprint density at radius 2 is 2.09 bits per heavy atom. The van der Waals surface area contributed by atoms with Gasteiger partial charge < -0.3 is 14.8 Å². The Hall–Kier alpha value is -2.65. The second-order valence-corrected chi connectivity index (χ2v) is 4.71. The Morgan fingerprint density at radius 3 is 2.74 bits per heavy atom. The molecular formula is C17H20N2O4. The predicted octanol–water partition coefficient (Wildman–Crippen LogP) is 1.72. The highest BCUT2D eigenvalue weighted by molar-refractivity contribution is 5.84. The van der Waals surface area contributed by atoms with Crippen LogP contribution < -0.4 is 5.32 Å². The summed E-state index contributed by atoms with van der Waals surface area (Å²) >= 11 is 0. The lowest BCUT2D eigenvalue weighted by atomic mass is 10.2. The molecule has 23 heavy (non-hydrogen) atoms. The van der Waals surface area contributed by atoms with Gasteiger partial charge in [-0.15, -0.1) is 6.58 Å². The van der Waals surface area contributed by atoms with Crippen molar-refractivity contribution in [1.29, 1.82) is 5.26 Å². The fraction of sp³-hybridized carbons (Fsp3) is 0.353. The van der Waals surface area contributed by atoms with Crippen molar-refractivity contribution in [1.82, 2.24) is 5.32 Å². The number of esters is 1. The Morgan fingerprint density at radius 1 is 1.35 bits per heavy atom. The zero-order chi connectivity index (χ0) is 16.9. The number of nitrogens with one attached hydrogen (secondary N) is 1. The van der Waals surface area contributed by atoms with Crippen LogP contribution in [0.3, 0.4) is 0 Å². The lowest BCUT2D eigenvalue weighted by molar-refractivity contribution is -0.148. The molecule has 6 nitrogen and oxygen atoms in total. The van der Waals surface area contributed by atoms with Gasteiger partial charge in [0.1, 0.15) is 6.07 Å². The minimum Gasteiger partial charge on any atom is -0.449 e. The predicted molar refractivity (Wildman–Crippen MR) is 84.0 cm³/mol. The van der Waals surface area contributed by atoms with Crippen molar-refractivity contribution >= 4 is 11.9 Å². The van der Waals surface area contributed by atoms with Crippen molar-refractivity contribution in [2.45, 2.75) is 25.5 Å². The van der Waals surface area contributed by atoms with Crippen LogP contribution >= 0.6 is 0 Å². The maximum atomic E-state index is 11.9. The summed E-state index contributed by atoms with van der Waals surface area (Å²) < 4.78 is 10.2. The zero-order valence-electron chi connectivity index (χ0n) is 12.9. The Bertz CT molecular complexity index is 551. The van der Waals surface area contributed by atoms with E-state index in [-0.39, 0.29) is 25.5 Å². The van der Waals surface area contributed by atoms with Crippen molar-refractivity contribution < 1.29 is 19.1 Å². The lowest BCUT2D eigenvalue weighted by Gasteiger charge is -2.17. The van der Waals surface area contributed by atoms with Gasteiger partial charge in [-0.05, 0) is 12.0 Å². The van der Waals surface area contributed by atoms with Crippen molar-refractivity contribution in [2.24, 2.45) is 0 Å². The van der Waals surface area contributed by atoms with Gasteiger partial charge in [-0.1, -0.05) is 36.4 Å². The monoisotopic (exact) mass is 316 g/mol. The number of allylic oxidation sites excluding steroid dienone is 1. The largest absolute Gasteiger partial charge is 0.449 e. The van der Waals surface area contributed by atoms with Gasteiger partial charge in [0.25, 0.3) is 0 Å². The minimum atomic E-state index is -0.940. The van der Waals surface area contributed by atoms with E-state index in [2.05, 4.69) is 11.9 Å². The molecule has 0 aliphatic heterocycles. The normalized spacial score (nSPS) is 11.1. The molecule has 0 aliphatic rings. The maximum Gasteiger partial charge on any atom is 0.332 e. The molecule has 0 fully saturated rings. The molecule has 1 amide bonds. The van der Waals surface area contributed by atoms with E-state index < -0.39 is 12.0 Å². The molecule has 1 aromatic carbocycles. The molecule has 0 bridgehead atoms. The van der Waals surface area contributed by atoms with Gasteiger partial charge in [-0.25, -0.2) is 4.79 Å². The number of carbonyl (C=O) groups excluding carboxylic acids is 2. The molecule has 0 aliphatic carbocycles. The minimum absolute atomic E-state index is 0.0288. The summed E-state index contributed by atoms with van der Waals surface area (Å²) in [7, 11) is 0. The molecule has 0 heterocycles. The van der Waals surface area contributed by atoms with E-state index in [1.165, 1.54) is 0 Å². The standard InChI is InChI=1S/C17H20N2O4/c1-2-3-9-16(20)19-15(17(21)23-11-10-18)13-22-12-14-7-5-4-6-8-14/h2,4-8,15H,1,3,9,11-13H2,(H,19,20)/t15-/m0/s1. The third kappa shape index (κ3) is 7.79. The van der Waals surface area contributed by atoms with E-state index in [1.807, 2.05) is 30.3 Å². The SMILES string of the molecule is C=CCCC(=O)N[C@@H](COCc1ccccc1)C(=O)OCC#N. The molecule has 1 rings (SSSR count). The zero-order valence-corrected chi connectivity index (χ0v) is 12.9. The topological polar surface area (TPSA) is 88.4 Å². The summed E-state index contributed by atoms with van der Waals surface area (Å²) in [5.41, 5.74) is 0.953. The van der Waals surface area contributed by atoms with Crippen LogP contribution in [0, 0.1) is 11.3 Å². The Kier molecular flexibility index (Phi) is 8.79. The van der Waals surface area contributed by atoms with Crippen LogP contribution in [-0.2, 0) is 25.7 Å². The smallest absolute Gasteiger partial charge is 0.332 e. The molecule has 0 aromatic heterocycles. The van der Waals surface area contributed by atoms with Gasteiger partial charge in [0, 0.05) is 6.42 Å². The molecule has 1 aromatic rings. The van der Waals surface area contributed by atoms with E-state index in [0.717, 1.165) is 5.56 Å². The number of nitrogens with zero attached hydrogens (tertiary/aromatic N) is 1. The number of hydrogen-bond acceptors (Lipinski definition) is 5. The summed E-state index contributed by atoms with van der Waals surface area (Å²) in [6, 6.07) is 10.2. The fourth-order valence-corrected chi connectivity index (χ4v) is 1.74. The highest BCUT2D eigenvalue weighted by Gasteiger charge is 2.22. The van der Waals surface area contributed by atoms with E-state index >= 15 is 0 Å². The number of benzene rings is 1. The average Bonchev–Trinajstić information content (AvgIpc) is 2.57. The molecular weight excluding hydrogens is 296 g/mol. The molecule has 1 atom stereocenters. The van der Waals surface area contributed by atoms with Crippen LogP contribution in [0.15, 0.2) is 43.0 Å². The van der Waals surface area contributed by atoms with Crippen LogP contribution in [0.2, 0.25) is 0 Å². The van der Waals surface area contributed by atoms with Crippen molar-refractivity contribution in [3.8, 4) is 6.07 Å². The molecule has 122 valence electrons. The van der Waals surface area contributed by atoms with Crippen molar-refractivity contribution in [3.63, 3.8) is 0 Å². The van der Waals surface area contributed by atoms with E-state index in [9.17, 15) is 9.59 Å². The number of hydrogen-bond donors (Lipinski definition) is 1. The average molecular weight is 316 g/mol. The second kappa shape index (κ2) is 11.0. The highest BCUT2D eigenvalue weighted by atomic mass is 16.5. The van der Waals surface area contributed by atoms with Crippen LogP contribution in [0.4, 0.5) is 0 Å². The highest BCUT2D eigenvalue weighted by Crippen LogP contribution is 2.02. The van der Waals surface area contributed by atoms with E-state index in [0.29, 0.717) is 13.0 Å². The van der Waals surface area contributed by atoms with Gasteiger partial charge in [0.05, 0.1) is 13.2 Å². The second-order valence-electron chi connectivity index (χ2n) is 4.71. The van der Waals surface area contributed by atoms with Crippen LogP contribution in [0.25, 0.3) is 0 Å². The fourth-order valence-electron chi connectivity index (χ4n) is 1.74. The molecule has 0 unspecified atom stereocenters. The van der Waals surface area contributed by atoms with Crippen molar-refractivity contribution in [3.05, 3.63) is 48.6 Å². The van der Waals surface area contributed by atoms with Gasteiger partial charge in [-0.3, -0.25) is 4.79 Å². The summed E-state index contributed by atoms with van der Waals surface area (Å²) in [6.45, 7) is 3.46. The number of nitriles is 1. The van der Waals surface area contributed by atoms with Gasteiger partial charge in [-0.2, -0.15) is 5.26 Å². The number of ether oxygens (including phenoxy) is 2. The molecule has 0 saturated heterocycles. The first-order valence-corrected chi connectivity index (χ1v) is 7.23. The molecule has 6 heteroatoms. The number of rotatable bonds is 10. The summed E-state index contributed by atoms with van der Waals surface area (Å²) in [5, 5.41) is 11.0. The van der Waals surface area contributed by atoms with Gasteiger partial charge in [0.2, 0.25) is 5.91 Å². The third-order valence-electron chi connectivity index (χ3n) is 2.87. The quantitative estimate of drug-likeness (QED) is 0.524. The maximum absolute atomic E-state index is 11.9. The molecule has 0 radical (unpaired) electrons. The van der Waals surface area contributed by atoms with E-state index in [1.54, 1.807) is 12.1 Å². The molecule has 1 N–H and O–H groups in total. The van der Waals surface area contributed by atoms with Gasteiger partial charge >= 0.3 is 5.97 Å². The number of carbonyl (C=O) groups is 2. The van der Waals surface area contributed by atoms with Crippen LogP contribution in [0.5, 0.6) is 0 Å². The first-order chi connectivity index (χ1) is 11.2. The van der Waals surface area contributed by atoms with Crippen molar-refractivity contribution in [2.75, 3.05) is 13.2 Å². The lowest BCUT2D eigenvalue weighted by Crippen LogP contribution is -2.45. The first-order valence-electron chi connectivity index (χ1n) is 7.23. The summed E-state index contributed by atoms with van der Waals surface area (Å²) in [4.78, 5) is 23.6. The van der Waals surface area contributed by atoms with Crippen LogP contribution in [0.1, 0.15) is 18.4 Å². The summed E-state index contributed by atoms with van der Waals surface area (Å²) in [5.74, 6) is -0.987. The molecule has 0 saturated carbocycles.